The number of rotatable bonds is 4. The van der Waals surface area contributed by atoms with Crippen LogP contribution in [0.15, 0.2) is 0 Å². The van der Waals surface area contributed by atoms with Crippen molar-refractivity contribution in [2.75, 3.05) is 20.2 Å². The van der Waals surface area contributed by atoms with Crippen LogP contribution in [0, 0.1) is 17.8 Å². The van der Waals surface area contributed by atoms with E-state index in [0.29, 0.717) is 11.8 Å². The number of urea groups is 1. The summed E-state index contributed by atoms with van der Waals surface area (Å²) >= 11 is 0. The van der Waals surface area contributed by atoms with Gasteiger partial charge in [-0.05, 0) is 24.2 Å². The molecule has 0 aromatic rings. The second-order valence-electron chi connectivity index (χ2n) is 6.19. The number of piperidine rings is 1. The Morgan fingerprint density at radius 2 is 1.85 bits per heavy atom. The molecule has 0 saturated carbocycles. The Balaban J connectivity index is 2.67. The molecule has 1 N–H and O–H groups in total. The third kappa shape index (κ3) is 4.39. The van der Waals surface area contributed by atoms with Gasteiger partial charge in [-0.15, -0.1) is 0 Å². The molecule has 5 nitrogen and oxygen atoms in total. The van der Waals surface area contributed by atoms with Gasteiger partial charge in [0.1, 0.15) is 6.04 Å². The number of esters is 1. The molecule has 1 rings (SSSR count). The zero-order valence-electron chi connectivity index (χ0n) is 13.3. The fourth-order valence-electron chi connectivity index (χ4n) is 2.85. The molecule has 1 saturated heterocycles. The van der Waals surface area contributed by atoms with Crippen molar-refractivity contribution in [3.63, 3.8) is 0 Å². The van der Waals surface area contributed by atoms with Crippen LogP contribution in [0.4, 0.5) is 4.79 Å². The summed E-state index contributed by atoms with van der Waals surface area (Å²) < 4.78 is 4.79. The average Bonchev–Trinajstić information content (AvgIpc) is 2.41. The molecule has 1 aliphatic rings. The number of carbonyl (C=O) groups is 2. The van der Waals surface area contributed by atoms with E-state index in [4.69, 9.17) is 4.74 Å². The topological polar surface area (TPSA) is 58.6 Å². The highest BCUT2D eigenvalue weighted by atomic mass is 16.5. The first-order valence-corrected chi connectivity index (χ1v) is 7.52. The van der Waals surface area contributed by atoms with Gasteiger partial charge < -0.3 is 15.0 Å². The van der Waals surface area contributed by atoms with Crippen LogP contribution in [0.3, 0.4) is 0 Å². The zero-order chi connectivity index (χ0) is 15.3. The smallest absolute Gasteiger partial charge is 0.328 e. The number of nitrogens with zero attached hydrogens (tertiary/aromatic N) is 1. The molecular weight excluding hydrogens is 256 g/mol. The van der Waals surface area contributed by atoms with Crippen LogP contribution < -0.4 is 5.32 Å². The minimum absolute atomic E-state index is 0.0611. The summed E-state index contributed by atoms with van der Waals surface area (Å²) in [5.74, 6) is 0.700. The number of ether oxygens (including phenoxy) is 1. The summed E-state index contributed by atoms with van der Waals surface area (Å²) in [6, 6.07) is -0.718. The molecule has 1 fully saturated rings. The van der Waals surface area contributed by atoms with Crippen molar-refractivity contribution < 1.29 is 14.3 Å². The van der Waals surface area contributed by atoms with Crippen molar-refractivity contribution >= 4 is 12.0 Å². The highest BCUT2D eigenvalue weighted by molar-refractivity contribution is 5.83. The second kappa shape index (κ2) is 7.50. The number of carbonyl (C=O) groups excluding carboxylic acids is 2. The van der Waals surface area contributed by atoms with Crippen LogP contribution in [0.2, 0.25) is 0 Å². The average molecular weight is 284 g/mol. The van der Waals surface area contributed by atoms with Gasteiger partial charge in [0.15, 0.2) is 0 Å². The SMILES string of the molecule is CC[C@H](C)[C@H](NC(=O)N1C[C@H](C)C[C@H](C)C1)C(=O)OC. The number of nitrogens with one attached hydrogen (secondary N) is 1. The normalized spacial score (nSPS) is 25.8. The van der Waals surface area contributed by atoms with Crippen molar-refractivity contribution in [3.8, 4) is 0 Å². The Hall–Kier alpha value is -1.26. The molecule has 1 heterocycles. The van der Waals surface area contributed by atoms with Gasteiger partial charge in [-0.2, -0.15) is 0 Å². The molecule has 0 aromatic heterocycles. The molecule has 0 radical (unpaired) electrons. The van der Waals surface area contributed by atoms with Crippen molar-refractivity contribution in [3.05, 3.63) is 0 Å². The Kier molecular flexibility index (Phi) is 6.30. The van der Waals surface area contributed by atoms with Gasteiger partial charge in [0, 0.05) is 13.1 Å². The summed E-state index contributed by atoms with van der Waals surface area (Å²) in [5.41, 5.74) is 0. The van der Waals surface area contributed by atoms with E-state index in [1.54, 1.807) is 0 Å². The van der Waals surface area contributed by atoms with Crippen LogP contribution >= 0.6 is 0 Å². The largest absolute Gasteiger partial charge is 0.467 e. The Bertz CT molecular complexity index is 336. The standard InChI is InChI=1S/C15H28N2O3/c1-6-12(4)13(14(18)20-5)16-15(19)17-8-10(2)7-11(3)9-17/h10-13H,6-9H2,1-5H3,(H,16,19)/t10-,11+,12-,13-/m0/s1. The highest BCUT2D eigenvalue weighted by Crippen LogP contribution is 2.21. The van der Waals surface area contributed by atoms with Gasteiger partial charge in [-0.1, -0.05) is 34.1 Å². The zero-order valence-corrected chi connectivity index (χ0v) is 13.3. The lowest BCUT2D eigenvalue weighted by molar-refractivity contribution is -0.144. The first-order valence-electron chi connectivity index (χ1n) is 7.52. The minimum atomic E-state index is -0.565. The summed E-state index contributed by atoms with van der Waals surface area (Å²) in [6.07, 6.45) is 1.96. The molecule has 1 aliphatic heterocycles. The van der Waals surface area contributed by atoms with Crippen LogP contribution in [-0.2, 0) is 9.53 Å². The third-order valence-electron chi connectivity index (χ3n) is 4.10. The van der Waals surface area contributed by atoms with E-state index in [2.05, 4.69) is 19.2 Å². The first kappa shape index (κ1) is 16.8. The van der Waals surface area contributed by atoms with Crippen LogP contribution in [0.1, 0.15) is 40.5 Å². The van der Waals surface area contributed by atoms with Crippen molar-refractivity contribution in [2.24, 2.45) is 17.8 Å². The lowest BCUT2D eigenvalue weighted by Gasteiger charge is -2.36. The number of hydrogen-bond acceptors (Lipinski definition) is 3. The third-order valence-corrected chi connectivity index (χ3v) is 4.10. The number of amides is 2. The maximum Gasteiger partial charge on any atom is 0.328 e. The molecule has 20 heavy (non-hydrogen) atoms. The number of likely N-dealkylation sites (tertiary alicyclic amines) is 1. The van der Waals surface area contributed by atoms with Crippen LogP contribution in [0.25, 0.3) is 0 Å². The summed E-state index contributed by atoms with van der Waals surface area (Å²) in [7, 11) is 1.36. The van der Waals surface area contributed by atoms with E-state index in [1.165, 1.54) is 7.11 Å². The molecule has 0 unspecified atom stereocenters. The lowest BCUT2D eigenvalue weighted by Crippen LogP contribution is -2.53. The monoisotopic (exact) mass is 284 g/mol. The quantitative estimate of drug-likeness (QED) is 0.806. The van der Waals surface area contributed by atoms with Gasteiger partial charge >= 0.3 is 12.0 Å². The second-order valence-corrected chi connectivity index (χ2v) is 6.19. The molecule has 116 valence electrons. The van der Waals surface area contributed by atoms with Crippen LogP contribution in [-0.4, -0.2) is 43.1 Å². The Morgan fingerprint density at radius 3 is 2.30 bits per heavy atom. The van der Waals surface area contributed by atoms with E-state index < -0.39 is 6.04 Å². The van der Waals surface area contributed by atoms with Gasteiger partial charge in [0.2, 0.25) is 0 Å². The molecule has 0 spiro atoms. The van der Waals surface area contributed by atoms with Crippen molar-refractivity contribution in [2.45, 2.75) is 46.6 Å². The van der Waals surface area contributed by atoms with Gasteiger partial charge in [-0.3, -0.25) is 0 Å². The summed E-state index contributed by atoms with van der Waals surface area (Å²) in [5, 5.41) is 2.84. The molecule has 0 bridgehead atoms. The molecular formula is C15H28N2O3. The van der Waals surface area contributed by atoms with Crippen LogP contribution in [0.5, 0.6) is 0 Å². The Morgan fingerprint density at radius 1 is 1.30 bits per heavy atom. The van der Waals surface area contributed by atoms with Crippen molar-refractivity contribution in [1.29, 1.82) is 0 Å². The van der Waals surface area contributed by atoms with E-state index in [0.717, 1.165) is 25.9 Å². The van der Waals surface area contributed by atoms with E-state index in [-0.39, 0.29) is 17.9 Å². The fourth-order valence-corrected chi connectivity index (χ4v) is 2.85. The lowest BCUT2D eigenvalue weighted by atomic mass is 9.92. The molecule has 0 aromatic carbocycles. The molecule has 0 aliphatic carbocycles. The van der Waals surface area contributed by atoms with Gasteiger partial charge in [0.25, 0.3) is 0 Å². The van der Waals surface area contributed by atoms with Crippen molar-refractivity contribution in [1.82, 2.24) is 10.2 Å². The molecule has 5 heteroatoms. The van der Waals surface area contributed by atoms with Gasteiger partial charge in [0.05, 0.1) is 7.11 Å². The maximum atomic E-state index is 12.3. The van der Waals surface area contributed by atoms with E-state index in [1.807, 2.05) is 18.7 Å². The fraction of sp³-hybridized carbons (Fsp3) is 0.867. The van der Waals surface area contributed by atoms with E-state index >= 15 is 0 Å². The minimum Gasteiger partial charge on any atom is -0.467 e. The predicted octanol–water partition coefficient (Wildman–Crippen LogP) is 2.26. The number of hydrogen-bond donors (Lipinski definition) is 1. The summed E-state index contributed by atoms with van der Waals surface area (Å²) in [6.45, 7) is 9.76. The Labute approximate surface area is 122 Å². The predicted molar refractivity (Wildman–Crippen MR) is 78.3 cm³/mol. The molecule has 2 amide bonds. The van der Waals surface area contributed by atoms with Gasteiger partial charge in [-0.25, -0.2) is 9.59 Å². The first-order chi connectivity index (χ1) is 9.38. The molecule has 4 atom stereocenters. The summed E-state index contributed by atoms with van der Waals surface area (Å²) in [4.78, 5) is 26.0. The number of methoxy groups -OCH3 is 1. The highest BCUT2D eigenvalue weighted by Gasteiger charge is 2.31. The maximum absolute atomic E-state index is 12.3. The van der Waals surface area contributed by atoms with E-state index in [9.17, 15) is 9.59 Å².